The number of hydrogen-bond acceptors (Lipinski definition) is 3. The summed E-state index contributed by atoms with van der Waals surface area (Å²) in [6.45, 7) is 6.36. The quantitative estimate of drug-likeness (QED) is 0.595. The summed E-state index contributed by atoms with van der Waals surface area (Å²) in [6, 6.07) is 13.0. The maximum Gasteiger partial charge on any atom is 0.272 e. The molecule has 4 nitrogen and oxygen atoms in total. The molecule has 0 saturated carbocycles. The number of hydrogen-bond donors (Lipinski definition) is 0. The molecule has 0 spiro atoms. The van der Waals surface area contributed by atoms with E-state index in [0.29, 0.717) is 18.1 Å². The molecule has 0 heterocycles. The Hall–Kier alpha value is -2.36. The van der Waals surface area contributed by atoms with Crippen molar-refractivity contribution in [2.24, 2.45) is 0 Å². The van der Waals surface area contributed by atoms with Gasteiger partial charge in [0.05, 0.1) is 4.92 Å². The molecule has 21 heavy (non-hydrogen) atoms. The van der Waals surface area contributed by atoms with Gasteiger partial charge in [0, 0.05) is 11.6 Å². The van der Waals surface area contributed by atoms with Crippen LogP contribution >= 0.6 is 0 Å². The van der Waals surface area contributed by atoms with Crippen LogP contribution in [0.3, 0.4) is 0 Å². The maximum absolute atomic E-state index is 10.9. The molecule has 0 saturated heterocycles. The van der Waals surface area contributed by atoms with E-state index in [1.807, 2.05) is 30.3 Å². The molecule has 0 radical (unpaired) electrons. The average Bonchev–Trinajstić information content (AvgIpc) is 2.46. The molecule has 0 bridgehead atoms. The minimum Gasteiger partial charge on any atom is -0.489 e. The van der Waals surface area contributed by atoms with Crippen LogP contribution in [-0.2, 0) is 6.61 Å². The second-order valence-electron chi connectivity index (χ2n) is 5.33. The third-order valence-corrected chi connectivity index (χ3v) is 3.56. The maximum atomic E-state index is 10.9. The Balaban J connectivity index is 2.09. The van der Waals surface area contributed by atoms with E-state index in [0.717, 1.165) is 11.3 Å². The molecule has 0 unspecified atom stereocenters. The molecule has 2 aromatic rings. The summed E-state index contributed by atoms with van der Waals surface area (Å²) in [5, 5.41) is 10.9. The van der Waals surface area contributed by atoms with Crippen LogP contribution in [0.25, 0.3) is 0 Å². The molecular weight excluding hydrogens is 266 g/mol. The van der Waals surface area contributed by atoms with Gasteiger partial charge in [-0.05, 0) is 36.1 Å². The molecule has 2 aromatic carbocycles. The summed E-state index contributed by atoms with van der Waals surface area (Å²) in [5.74, 6) is 1.25. The van der Waals surface area contributed by atoms with E-state index in [4.69, 9.17) is 4.74 Å². The minimum atomic E-state index is -0.365. The molecule has 0 fully saturated rings. The van der Waals surface area contributed by atoms with Gasteiger partial charge in [-0.25, -0.2) is 0 Å². The first kappa shape index (κ1) is 15.0. The van der Waals surface area contributed by atoms with E-state index in [1.54, 1.807) is 13.0 Å². The fourth-order valence-electron chi connectivity index (χ4n) is 2.13. The largest absolute Gasteiger partial charge is 0.489 e. The van der Waals surface area contributed by atoms with Gasteiger partial charge in [0.1, 0.15) is 12.4 Å². The first-order valence-corrected chi connectivity index (χ1v) is 6.94. The summed E-state index contributed by atoms with van der Waals surface area (Å²) in [4.78, 5) is 10.5. The number of nitro benzene ring substituents is 1. The van der Waals surface area contributed by atoms with Crippen molar-refractivity contribution in [3.05, 3.63) is 69.3 Å². The van der Waals surface area contributed by atoms with Crippen molar-refractivity contribution in [3.63, 3.8) is 0 Å². The minimum absolute atomic E-state index is 0.131. The normalized spacial score (nSPS) is 10.7. The Labute approximate surface area is 124 Å². The molecule has 0 amide bonds. The van der Waals surface area contributed by atoms with Crippen LogP contribution in [-0.4, -0.2) is 4.92 Å². The van der Waals surface area contributed by atoms with E-state index in [9.17, 15) is 10.1 Å². The van der Waals surface area contributed by atoms with Gasteiger partial charge < -0.3 is 4.74 Å². The molecule has 0 N–H and O–H groups in total. The Morgan fingerprint density at radius 2 is 1.81 bits per heavy atom. The molecule has 0 atom stereocenters. The number of benzene rings is 2. The zero-order valence-corrected chi connectivity index (χ0v) is 12.5. The van der Waals surface area contributed by atoms with Crippen LogP contribution in [0.15, 0.2) is 42.5 Å². The van der Waals surface area contributed by atoms with Gasteiger partial charge in [0.15, 0.2) is 0 Å². The second kappa shape index (κ2) is 6.39. The summed E-state index contributed by atoms with van der Waals surface area (Å²) in [6.07, 6.45) is 0. The fourth-order valence-corrected chi connectivity index (χ4v) is 2.13. The topological polar surface area (TPSA) is 52.4 Å². The van der Waals surface area contributed by atoms with Crippen molar-refractivity contribution in [2.45, 2.75) is 33.3 Å². The lowest BCUT2D eigenvalue weighted by atomic mass is 10.0. The van der Waals surface area contributed by atoms with E-state index in [-0.39, 0.29) is 10.6 Å². The van der Waals surface area contributed by atoms with Crippen molar-refractivity contribution in [1.29, 1.82) is 0 Å². The average molecular weight is 285 g/mol. The molecule has 110 valence electrons. The first-order valence-electron chi connectivity index (χ1n) is 6.94. The van der Waals surface area contributed by atoms with E-state index in [2.05, 4.69) is 13.8 Å². The van der Waals surface area contributed by atoms with E-state index in [1.165, 1.54) is 11.6 Å². The summed E-state index contributed by atoms with van der Waals surface area (Å²) >= 11 is 0. The Bertz CT molecular complexity index is 633. The van der Waals surface area contributed by atoms with Crippen molar-refractivity contribution < 1.29 is 9.66 Å². The number of nitro groups is 1. The van der Waals surface area contributed by atoms with E-state index >= 15 is 0 Å². The molecule has 0 aliphatic carbocycles. The van der Waals surface area contributed by atoms with Gasteiger partial charge in [0.2, 0.25) is 0 Å². The molecule has 0 aliphatic heterocycles. The molecular formula is C17H19NO3. The van der Waals surface area contributed by atoms with Crippen LogP contribution in [0.1, 0.15) is 36.5 Å². The highest BCUT2D eigenvalue weighted by molar-refractivity contribution is 5.44. The third kappa shape index (κ3) is 3.60. The van der Waals surface area contributed by atoms with Gasteiger partial charge >= 0.3 is 0 Å². The van der Waals surface area contributed by atoms with Crippen molar-refractivity contribution in [1.82, 2.24) is 0 Å². The fraction of sp³-hybridized carbons (Fsp3) is 0.294. The van der Waals surface area contributed by atoms with Gasteiger partial charge in [-0.3, -0.25) is 10.1 Å². The summed E-state index contributed by atoms with van der Waals surface area (Å²) in [7, 11) is 0. The van der Waals surface area contributed by atoms with Crippen LogP contribution < -0.4 is 4.74 Å². The van der Waals surface area contributed by atoms with Gasteiger partial charge in [-0.15, -0.1) is 0 Å². The monoisotopic (exact) mass is 285 g/mol. The van der Waals surface area contributed by atoms with Crippen LogP contribution in [0.4, 0.5) is 5.69 Å². The zero-order valence-electron chi connectivity index (χ0n) is 12.5. The highest BCUT2D eigenvalue weighted by Gasteiger charge is 2.13. The second-order valence-corrected chi connectivity index (χ2v) is 5.33. The number of rotatable bonds is 5. The lowest BCUT2D eigenvalue weighted by Gasteiger charge is -2.10. The standard InChI is InChI=1S/C17H19NO3/c1-12(2)14-7-9-16(10-8-14)21-11-15-5-4-6-17(13(15)3)18(19)20/h4-10,12H,11H2,1-3H3. The van der Waals surface area contributed by atoms with Gasteiger partial charge in [-0.1, -0.05) is 38.1 Å². The third-order valence-electron chi connectivity index (χ3n) is 3.56. The lowest BCUT2D eigenvalue weighted by molar-refractivity contribution is -0.385. The molecule has 4 heteroatoms. The summed E-state index contributed by atoms with van der Waals surface area (Å²) < 4.78 is 5.72. The molecule has 0 aromatic heterocycles. The van der Waals surface area contributed by atoms with Gasteiger partial charge in [-0.2, -0.15) is 0 Å². The predicted octanol–water partition coefficient (Wildman–Crippen LogP) is 4.61. The Morgan fingerprint density at radius 3 is 2.38 bits per heavy atom. The van der Waals surface area contributed by atoms with Crippen LogP contribution in [0.5, 0.6) is 5.75 Å². The highest BCUT2D eigenvalue weighted by atomic mass is 16.6. The number of ether oxygens (including phenoxy) is 1. The van der Waals surface area contributed by atoms with Crippen molar-refractivity contribution in [3.8, 4) is 5.75 Å². The van der Waals surface area contributed by atoms with Crippen LogP contribution in [0, 0.1) is 17.0 Å². The SMILES string of the molecule is Cc1c(COc2ccc(C(C)C)cc2)cccc1[N+](=O)[O-]. The van der Waals surface area contributed by atoms with Gasteiger partial charge in [0.25, 0.3) is 5.69 Å². The zero-order chi connectivity index (χ0) is 15.4. The highest BCUT2D eigenvalue weighted by Crippen LogP contribution is 2.23. The molecule has 0 aliphatic rings. The first-order chi connectivity index (χ1) is 9.99. The molecule has 2 rings (SSSR count). The number of nitrogens with zero attached hydrogens (tertiary/aromatic N) is 1. The lowest BCUT2D eigenvalue weighted by Crippen LogP contribution is -2.01. The Kier molecular flexibility index (Phi) is 4.58. The van der Waals surface area contributed by atoms with Crippen molar-refractivity contribution >= 4 is 5.69 Å². The summed E-state index contributed by atoms with van der Waals surface area (Å²) in [5.41, 5.74) is 2.87. The predicted molar refractivity (Wildman–Crippen MR) is 82.7 cm³/mol. The van der Waals surface area contributed by atoms with E-state index < -0.39 is 0 Å². The van der Waals surface area contributed by atoms with Crippen LogP contribution in [0.2, 0.25) is 0 Å². The Morgan fingerprint density at radius 1 is 1.14 bits per heavy atom. The van der Waals surface area contributed by atoms with Crippen molar-refractivity contribution in [2.75, 3.05) is 0 Å². The smallest absolute Gasteiger partial charge is 0.272 e.